The van der Waals surface area contributed by atoms with Gasteiger partial charge in [0.1, 0.15) is 5.76 Å². The highest BCUT2D eigenvalue weighted by Crippen LogP contribution is 2.31. The highest BCUT2D eigenvalue weighted by molar-refractivity contribution is 9.11. The first-order valence-corrected chi connectivity index (χ1v) is 11.8. The Hall–Kier alpha value is -2.71. The predicted octanol–water partition coefficient (Wildman–Crippen LogP) is 6.14. The summed E-state index contributed by atoms with van der Waals surface area (Å²) in [5.41, 5.74) is 7.13. The lowest BCUT2D eigenvalue weighted by Crippen LogP contribution is -2.22. The third-order valence-electron chi connectivity index (χ3n) is 5.32. The van der Waals surface area contributed by atoms with E-state index in [-0.39, 0.29) is 17.6 Å². The fraction of sp³-hybridized carbons (Fsp3) is 0.208. The average molecular weight is 559 g/mol. The van der Waals surface area contributed by atoms with E-state index in [1.165, 1.54) is 0 Å². The number of nitrogens with zero attached hydrogens (tertiary/aromatic N) is 1. The standard InChI is InChI=1S/C24H21Br2N3O3/c1-13-10-11-18(17(26)12-13)27-24(31)22-14(2)21-19(8-5-9-20(21)32-22)28-29-23(30)15-6-3-4-7-16(15)25/h3-4,6-7,10-12H,5,8-9H2,1-2H3,(H,27,31)(H,29,30)/b28-19+. The van der Waals surface area contributed by atoms with Crippen LogP contribution in [-0.4, -0.2) is 17.5 Å². The largest absolute Gasteiger partial charge is 0.455 e. The molecule has 2 aromatic carbocycles. The van der Waals surface area contributed by atoms with E-state index in [0.29, 0.717) is 33.4 Å². The number of furan rings is 1. The molecule has 2 N–H and O–H groups in total. The predicted molar refractivity (Wildman–Crippen MR) is 131 cm³/mol. The number of carbonyl (C=O) groups is 2. The second-order valence-electron chi connectivity index (χ2n) is 7.62. The molecule has 1 aliphatic carbocycles. The molecule has 32 heavy (non-hydrogen) atoms. The van der Waals surface area contributed by atoms with Crippen LogP contribution < -0.4 is 10.7 Å². The molecule has 0 atom stereocenters. The maximum absolute atomic E-state index is 12.9. The maximum Gasteiger partial charge on any atom is 0.291 e. The average Bonchev–Trinajstić information content (AvgIpc) is 3.11. The van der Waals surface area contributed by atoms with Crippen LogP contribution in [-0.2, 0) is 6.42 Å². The second-order valence-corrected chi connectivity index (χ2v) is 9.33. The normalized spacial score (nSPS) is 14.2. The summed E-state index contributed by atoms with van der Waals surface area (Å²) in [6, 6.07) is 12.9. The van der Waals surface area contributed by atoms with E-state index in [1.807, 2.05) is 38.1 Å². The Kier molecular flexibility index (Phi) is 6.62. The van der Waals surface area contributed by atoms with Gasteiger partial charge < -0.3 is 9.73 Å². The summed E-state index contributed by atoms with van der Waals surface area (Å²) >= 11 is 6.87. The van der Waals surface area contributed by atoms with Crippen LogP contribution in [0.25, 0.3) is 0 Å². The molecule has 0 fully saturated rings. The van der Waals surface area contributed by atoms with Gasteiger partial charge in [-0.2, -0.15) is 5.10 Å². The lowest BCUT2D eigenvalue weighted by Gasteiger charge is -2.13. The van der Waals surface area contributed by atoms with Crippen LogP contribution in [0.3, 0.4) is 0 Å². The van der Waals surface area contributed by atoms with Crippen LogP contribution >= 0.6 is 31.9 Å². The molecular formula is C24H21Br2N3O3. The van der Waals surface area contributed by atoms with Gasteiger partial charge in [0.15, 0.2) is 5.76 Å². The minimum atomic E-state index is -0.321. The number of benzene rings is 2. The number of anilines is 1. The third kappa shape index (κ3) is 4.56. The van der Waals surface area contributed by atoms with E-state index in [9.17, 15) is 9.59 Å². The zero-order valence-electron chi connectivity index (χ0n) is 17.6. The second kappa shape index (κ2) is 9.42. The molecule has 6 nitrogen and oxygen atoms in total. The number of amides is 2. The summed E-state index contributed by atoms with van der Waals surface area (Å²) in [6.45, 7) is 3.83. The van der Waals surface area contributed by atoms with E-state index in [1.54, 1.807) is 18.2 Å². The highest BCUT2D eigenvalue weighted by Gasteiger charge is 2.28. The molecule has 0 aliphatic heterocycles. The van der Waals surface area contributed by atoms with E-state index in [0.717, 1.165) is 34.2 Å². The first-order valence-electron chi connectivity index (χ1n) is 10.2. The summed E-state index contributed by atoms with van der Waals surface area (Å²) in [5.74, 6) is 0.350. The van der Waals surface area contributed by atoms with E-state index < -0.39 is 0 Å². The summed E-state index contributed by atoms with van der Waals surface area (Å²) in [7, 11) is 0. The highest BCUT2D eigenvalue weighted by atomic mass is 79.9. The summed E-state index contributed by atoms with van der Waals surface area (Å²) in [4.78, 5) is 25.5. The van der Waals surface area contributed by atoms with E-state index >= 15 is 0 Å². The van der Waals surface area contributed by atoms with Gasteiger partial charge in [0.25, 0.3) is 11.8 Å². The summed E-state index contributed by atoms with van der Waals surface area (Å²) in [5, 5.41) is 7.28. The number of hydrazone groups is 1. The molecule has 1 aliphatic rings. The van der Waals surface area contributed by atoms with Crippen LogP contribution in [0, 0.1) is 13.8 Å². The van der Waals surface area contributed by atoms with Crippen molar-refractivity contribution >= 4 is 55.1 Å². The number of halogens is 2. The fourth-order valence-corrected chi connectivity index (χ4v) is 4.78. The molecule has 0 saturated carbocycles. The quantitative estimate of drug-likeness (QED) is 0.377. The van der Waals surface area contributed by atoms with E-state index in [2.05, 4.69) is 47.7 Å². The molecule has 1 aromatic heterocycles. The molecular weight excluding hydrogens is 538 g/mol. The van der Waals surface area contributed by atoms with Gasteiger partial charge in [0, 0.05) is 26.5 Å². The molecule has 3 aromatic rings. The molecule has 0 unspecified atom stereocenters. The van der Waals surface area contributed by atoms with Crippen molar-refractivity contribution in [2.75, 3.05) is 5.32 Å². The molecule has 0 spiro atoms. The van der Waals surface area contributed by atoms with Gasteiger partial charge in [-0.3, -0.25) is 9.59 Å². The molecule has 164 valence electrons. The van der Waals surface area contributed by atoms with Crippen LogP contribution in [0.5, 0.6) is 0 Å². The van der Waals surface area contributed by atoms with Crippen LogP contribution in [0.4, 0.5) is 5.69 Å². The van der Waals surface area contributed by atoms with Crippen LogP contribution in [0.2, 0.25) is 0 Å². The molecule has 4 rings (SSSR count). The Morgan fingerprint density at radius 3 is 2.53 bits per heavy atom. The van der Waals surface area contributed by atoms with Crippen molar-refractivity contribution < 1.29 is 14.0 Å². The van der Waals surface area contributed by atoms with Crippen molar-refractivity contribution in [3.05, 3.63) is 85.2 Å². The molecule has 8 heteroatoms. The topological polar surface area (TPSA) is 83.7 Å². The van der Waals surface area contributed by atoms with E-state index in [4.69, 9.17) is 4.42 Å². The van der Waals surface area contributed by atoms with Crippen molar-refractivity contribution in [2.24, 2.45) is 5.10 Å². The number of carbonyl (C=O) groups excluding carboxylic acids is 2. The first-order chi connectivity index (χ1) is 15.3. The lowest BCUT2D eigenvalue weighted by atomic mass is 9.93. The van der Waals surface area contributed by atoms with Crippen molar-refractivity contribution in [3.63, 3.8) is 0 Å². The number of fused-ring (bicyclic) bond motifs is 1. The minimum Gasteiger partial charge on any atom is -0.455 e. The maximum atomic E-state index is 12.9. The number of rotatable bonds is 4. The van der Waals surface area contributed by atoms with Crippen LogP contribution in [0.15, 0.2) is 60.9 Å². The molecule has 1 heterocycles. The first kappa shape index (κ1) is 22.5. The fourth-order valence-electron chi connectivity index (χ4n) is 3.72. The van der Waals surface area contributed by atoms with Crippen molar-refractivity contribution in [1.82, 2.24) is 5.43 Å². The zero-order chi connectivity index (χ0) is 22.8. The molecule has 0 radical (unpaired) electrons. The number of aryl methyl sites for hydroxylation is 2. The Morgan fingerprint density at radius 1 is 1.00 bits per heavy atom. The summed E-state index contributed by atoms with van der Waals surface area (Å²) < 4.78 is 7.45. The van der Waals surface area contributed by atoms with Crippen molar-refractivity contribution in [3.8, 4) is 0 Å². The van der Waals surface area contributed by atoms with Gasteiger partial charge in [0.2, 0.25) is 0 Å². The minimum absolute atomic E-state index is 0.259. The zero-order valence-corrected chi connectivity index (χ0v) is 20.8. The molecule has 0 bridgehead atoms. The number of hydrogen-bond acceptors (Lipinski definition) is 4. The van der Waals surface area contributed by atoms with Gasteiger partial charge in [-0.05, 0) is 88.4 Å². The lowest BCUT2D eigenvalue weighted by molar-refractivity contribution is 0.0952. The van der Waals surface area contributed by atoms with Crippen molar-refractivity contribution in [2.45, 2.75) is 33.1 Å². The monoisotopic (exact) mass is 557 g/mol. The smallest absolute Gasteiger partial charge is 0.291 e. The SMILES string of the molecule is Cc1ccc(NC(=O)c2oc3c(c2C)/C(=N/NC(=O)c2ccccc2Br)CCC3)c(Br)c1. The number of hydrogen-bond donors (Lipinski definition) is 2. The van der Waals surface area contributed by atoms with Gasteiger partial charge in [-0.15, -0.1) is 0 Å². The number of nitrogens with one attached hydrogen (secondary N) is 2. The molecule has 0 saturated heterocycles. The summed E-state index contributed by atoms with van der Waals surface area (Å²) in [6.07, 6.45) is 2.23. The van der Waals surface area contributed by atoms with Gasteiger partial charge >= 0.3 is 0 Å². The van der Waals surface area contributed by atoms with Crippen LogP contribution in [0.1, 0.15) is 56.2 Å². The van der Waals surface area contributed by atoms with Gasteiger partial charge in [0.05, 0.1) is 17.0 Å². The Morgan fingerprint density at radius 2 is 1.78 bits per heavy atom. The van der Waals surface area contributed by atoms with Gasteiger partial charge in [-0.25, -0.2) is 5.43 Å². The Bertz CT molecular complexity index is 1250. The molecule has 2 amide bonds. The van der Waals surface area contributed by atoms with Gasteiger partial charge in [-0.1, -0.05) is 18.2 Å². The third-order valence-corrected chi connectivity index (χ3v) is 6.66. The Balaban J connectivity index is 1.58. The van der Waals surface area contributed by atoms with Crippen molar-refractivity contribution in [1.29, 1.82) is 0 Å². The Labute approximate surface area is 202 Å².